The summed E-state index contributed by atoms with van der Waals surface area (Å²) in [6, 6.07) is 9.46. The first-order chi connectivity index (χ1) is 11.9. The van der Waals surface area contributed by atoms with Crippen molar-refractivity contribution in [3.05, 3.63) is 52.6 Å². The first-order valence-electron chi connectivity index (χ1n) is 8.00. The van der Waals surface area contributed by atoms with Gasteiger partial charge in [0.2, 0.25) is 5.75 Å². The Balaban J connectivity index is 2.47. The van der Waals surface area contributed by atoms with Crippen LogP contribution in [0.25, 0.3) is 0 Å². The van der Waals surface area contributed by atoms with E-state index in [1.54, 1.807) is 26.4 Å². The van der Waals surface area contributed by atoms with Gasteiger partial charge in [-0.2, -0.15) is 0 Å². The van der Waals surface area contributed by atoms with Gasteiger partial charge in [0.1, 0.15) is 0 Å². The molecule has 2 aromatic rings. The molecule has 0 aromatic heterocycles. The average molecular weight is 344 g/mol. The number of carbonyl (C=O) groups is 1. The molecule has 2 rings (SSSR count). The normalized spacial score (nSPS) is 11.7. The Bertz CT molecular complexity index is 742. The van der Waals surface area contributed by atoms with Crippen LogP contribution in [-0.2, 0) is 11.2 Å². The van der Waals surface area contributed by atoms with E-state index >= 15 is 0 Å². The van der Waals surface area contributed by atoms with Crippen LogP contribution in [0.5, 0.6) is 17.2 Å². The van der Waals surface area contributed by atoms with Crippen LogP contribution in [0.15, 0.2) is 30.3 Å². The van der Waals surface area contributed by atoms with Gasteiger partial charge in [-0.25, -0.2) is 0 Å². The molecule has 0 saturated carbocycles. The monoisotopic (exact) mass is 344 g/mol. The molecule has 134 valence electrons. The Hall–Kier alpha value is -2.69. The summed E-state index contributed by atoms with van der Waals surface area (Å²) in [7, 11) is 4.62. The Kier molecular flexibility index (Phi) is 5.91. The number of aryl methyl sites for hydroxylation is 2. The molecule has 0 aliphatic rings. The fourth-order valence-corrected chi connectivity index (χ4v) is 2.95. The lowest BCUT2D eigenvalue weighted by atomic mass is 9.88. The third-order valence-corrected chi connectivity index (χ3v) is 4.27. The maximum atomic E-state index is 11.9. The molecule has 0 saturated heterocycles. The first-order valence-corrected chi connectivity index (χ1v) is 8.00. The number of carboxylic acids is 1. The van der Waals surface area contributed by atoms with Crippen molar-refractivity contribution in [3.63, 3.8) is 0 Å². The number of benzene rings is 2. The second kappa shape index (κ2) is 7.92. The predicted molar refractivity (Wildman–Crippen MR) is 96.1 cm³/mol. The summed E-state index contributed by atoms with van der Waals surface area (Å²) in [5.74, 6) is 0.0152. The Labute approximate surface area is 148 Å². The first kappa shape index (κ1) is 18.6. The van der Waals surface area contributed by atoms with E-state index < -0.39 is 11.9 Å². The van der Waals surface area contributed by atoms with Crippen LogP contribution in [0.4, 0.5) is 0 Å². The largest absolute Gasteiger partial charge is 0.493 e. The van der Waals surface area contributed by atoms with Gasteiger partial charge >= 0.3 is 5.97 Å². The highest BCUT2D eigenvalue weighted by molar-refractivity contribution is 5.77. The zero-order valence-corrected chi connectivity index (χ0v) is 15.3. The highest BCUT2D eigenvalue weighted by Gasteiger charge is 2.24. The van der Waals surface area contributed by atoms with Gasteiger partial charge < -0.3 is 19.3 Å². The van der Waals surface area contributed by atoms with E-state index in [4.69, 9.17) is 14.2 Å². The summed E-state index contributed by atoms with van der Waals surface area (Å²) in [6.45, 7) is 3.89. The van der Waals surface area contributed by atoms with Crippen molar-refractivity contribution >= 4 is 5.97 Å². The summed E-state index contributed by atoms with van der Waals surface area (Å²) in [5, 5.41) is 9.77. The molecule has 0 radical (unpaired) electrons. The molecule has 0 fully saturated rings. The smallest absolute Gasteiger partial charge is 0.311 e. The number of hydrogen-bond acceptors (Lipinski definition) is 4. The highest BCUT2D eigenvalue weighted by Crippen LogP contribution is 2.39. The number of ether oxygens (including phenoxy) is 3. The molecule has 0 spiro atoms. The topological polar surface area (TPSA) is 65.0 Å². The van der Waals surface area contributed by atoms with Gasteiger partial charge in [-0.1, -0.05) is 23.8 Å². The molecular weight excluding hydrogens is 320 g/mol. The number of hydrogen-bond donors (Lipinski definition) is 1. The van der Waals surface area contributed by atoms with Crippen LogP contribution in [-0.4, -0.2) is 32.4 Å². The average Bonchev–Trinajstić information content (AvgIpc) is 2.60. The zero-order chi connectivity index (χ0) is 18.6. The Morgan fingerprint density at radius 3 is 2.08 bits per heavy atom. The van der Waals surface area contributed by atoms with Crippen LogP contribution in [0.3, 0.4) is 0 Å². The summed E-state index contributed by atoms with van der Waals surface area (Å²) in [6.07, 6.45) is 0.330. The minimum Gasteiger partial charge on any atom is -0.493 e. The molecular formula is C20H24O5. The summed E-state index contributed by atoms with van der Waals surface area (Å²) >= 11 is 0. The lowest BCUT2D eigenvalue weighted by molar-refractivity contribution is -0.138. The van der Waals surface area contributed by atoms with Crippen molar-refractivity contribution in [2.45, 2.75) is 26.2 Å². The Morgan fingerprint density at radius 2 is 1.60 bits per heavy atom. The van der Waals surface area contributed by atoms with Crippen LogP contribution >= 0.6 is 0 Å². The molecule has 1 N–H and O–H groups in total. The summed E-state index contributed by atoms with van der Waals surface area (Å²) in [5.41, 5.74) is 3.63. The fourth-order valence-electron chi connectivity index (χ4n) is 2.95. The van der Waals surface area contributed by atoms with E-state index in [1.807, 2.05) is 32.0 Å². The molecule has 0 aliphatic heterocycles. The van der Waals surface area contributed by atoms with Gasteiger partial charge in [0, 0.05) is 0 Å². The van der Waals surface area contributed by atoms with Crippen LogP contribution in [0.1, 0.15) is 28.2 Å². The van der Waals surface area contributed by atoms with E-state index in [0.29, 0.717) is 23.7 Å². The molecule has 2 aromatic carbocycles. The third-order valence-electron chi connectivity index (χ3n) is 4.27. The van der Waals surface area contributed by atoms with E-state index in [9.17, 15) is 9.90 Å². The standard InChI is InChI=1S/C20H24O5/c1-12-6-7-13(2)15(8-12)16(20(21)22)9-14-10-17(23-3)19(25-5)18(11-14)24-4/h6-8,10-11,16H,9H2,1-5H3,(H,21,22). The minimum atomic E-state index is -0.859. The van der Waals surface area contributed by atoms with E-state index in [0.717, 1.165) is 22.3 Å². The SMILES string of the molecule is COc1cc(CC(C(=O)O)c2cc(C)ccc2C)cc(OC)c1OC. The van der Waals surface area contributed by atoms with Crippen LogP contribution < -0.4 is 14.2 Å². The van der Waals surface area contributed by atoms with Gasteiger partial charge in [0.25, 0.3) is 0 Å². The highest BCUT2D eigenvalue weighted by atomic mass is 16.5. The maximum absolute atomic E-state index is 11.9. The molecule has 0 bridgehead atoms. The zero-order valence-electron chi connectivity index (χ0n) is 15.3. The van der Waals surface area contributed by atoms with Gasteiger partial charge in [-0.15, -0.1) is 0 Å². The van der Waals surface area contributed by atoms with Gasteiger partial charge in [-0.3, -0.25) is 4.79 Å². The van der Waals surface area contributed by atoms with Crippen molar-refractivity contribution in [2.24, 2.45) is 0 Å². The predicted octanol–water partition coefficient (Wildman–Crippen LogP) is 3.74. The molecule has 0 amide bonds. The number of rotatable bonds is 7. The van der Waals surface area contributed by atoms with Crippen molar-refractivity contribution in [3.8, 4) is 17.2 Å². The number of aliphatic carboxylic acids is 1. The van der Waals surface area contributed by atoms with Gasteiger partial charge in [0.15, 0.2) is 11.5 Å². The number of methoxy groups -OCH3 is 3. The Morgan fingerprint density at radius 1 is 1.00 bits per heavy atom. The quantitative estimate of drug-likeness (QED) is 0.829. The molecule has 25 heavy (non-hydrogen) atoms. The van der Waals surface area contributed by atoms with Gasteiger partial charge in [0.05, 0.1) is 27.2 Å². The molecule has 5 heteroatoms. The lowest BCUT2D eigenvalue weighted by Crippen LogP contribution is -2.16. The van der Waals surface area contributed by atoms with Crippen LogP contribution in [0.2, 0.25) is 0 Å². The number of carboxylic acid groups (broad SMARTS) is 1. The van der Waals surface area contributed by atoms with Crippen molar-refractivity contribution in [1.29, 1.82) is 0 Å². The minimum absolute atomic E-state index is 0.330. The summed E-state index contributed by atoms with van der Waals surface area (Å²) < 4.78 is 16.0. The van der Waals surface area contributed by atoms with Crippen molar-refractivity contribution in [1.82, 2.24) is 0 Å². The van der Waals surface area contributed by atoms with E-state index in [2.05, 4.69) is 0 Å². The van der Waals surface area contributed by atoms with Gasteiger partial charge in [-0.05, 0) is 49.1 Å². The third kappa shape index (κ3) is 4.05. The molecule has 0 aliphatic carbocycles. The van der Waals surface area contributed by atoms with E-state index in [-0.39, 0.29) is 0 Å². The van der Waals surface area contributed by atoms with Crippen LogP contribution in [0, 0.1) is 13.8 Å². The summed E-state index contributed by atoms with van der Waals surface area (Å²) in [4.78, 5) is 11.9. The second-order valence-corrected chi connectivity index (χ2v) is 5.99. The maximum Gasteiger partial charge on any atom is 0.311 e. The second-order valence-electron chi connectivity index (χ2n) is 5.99. The molecule has 5 nitrogen and oxygen atoms in total. The molecule has 0 heterocycles. The van der Waals surface area contributed by atoms with Crippen molar-refractivity contribution < 1.29 is 24.1 Å². The van der Waals surface area contributed by atoms with E-state index in [1.165, 1.54) is 7.11 Å². The van der Waals surface area contributed by atoms with Crippen molar-refractivity contribution in [2.75, 3.05) is 21.3 Å². The molecule has 1 unspecified atom stereocenters. The fraction of sp³-hybridized carbons (Fsp3) is 0.350. The molecule has 1 atom stereocenters. The lowest BCUT2D eigenvalue weighted by Gasteiger charge is -2.18.